The van der Waals surface area contributed by atoms with Crippen LogP contribution >= 0.6 is 0 Å². The third-order valence-electron chi connectivity index (χ3n) is 3.24. The van der Waals surface area contributed by atoms with Crippen molar-refractivity contribution in [3.05, 3.63) is 11.4 Å². The van der Waals surface area contributed by atoms with Gasteiger partial charge in [0.05, 0.1) is 0 Å². The Morgan fingerprint density at radius 3 is 2.05 bits per heavy atom. The van der Waals surface area contributed by atoms with Gasteiger partial charge in [-0.25, -0.2) is 9.97 Å². The van der Waals surface area contributed by atoms with Crippen LogP contribution < -0.4 is 10.6 Å². The maximum absolute atomic E-state index is 8.85. The first-order valence-electron chi connectivity index (χ1n) is 7.87. The number of nitrogens with one attached hydrogen (secondary N) is 2. The molecule has 0 fully saturated rings. The zero-order valence-electron chi connectivity index (χ0n) is 14.1. The maximum Gasteiger partial charge on any atom is 0.138 e. The van der Waals surface area contributed by atoms with Crippen LogP contribution in [0.3, 0.4) is 0 Å². The summed E-state index contributed by atoms with van der Waals surface area (Å²) in [5, 5.41) is 15.6. The molecule has 0 amide bonds. The first kappa shape index (κ1) is 17.7. The predicted octanol–water partition coefficient (Wildman–Crippen LogP) is 3.09. The monoisotopic (exact) mass is 294 g/mol. The maximum atomic E-state index is 8.85. The standard InChI is InChI=1S/C16H30N4O/c1-6-9-17-13-12(2)14(18-10-7-8-11-21)20-15(19-13)16(3,4)5/h21H,6-11H2,1-5H3,(H2,17,18,19,20). The Hall–Kier alpha value is -1.36. The molecule has 5 heteroatoms. The van der Waals surface area contributed by atoms with E-state index in [0.29, 0.717) is 0 Å². The lowest BCUT2D eigenvalue weighted by Gasteiger charge is -2.21. The van der Waals surface area contributed by atoms with E-state index >= 15 is 0 Å². The lowest BCUT2D eigenvalue weighted by molar-refractivity contribution is 0.286. The Bertz CT molecular complexity index is 441. The highest BCUT2D eigenvalue weighted by atomic mass is 16.2. The molecule has 0 atom stereocenters. The van der Waals surface area contributed by atoms with Crippen molar-refractivity contribution in [3.63, 3.8) is 0 Å². The van der Waals surface area contributed by atoms with Gasteiger partial charge in [-0.1, -0.05) is 27.7 Å². The molecule has 0 unspecified atom stereocenters. The van der Waals surface area contributed by atoms with Crippen LogP contribution in [0, 0.1) is 6.92 Å². The summed E-state index contributed by atoms with van der Waals surface area (Å²) in [6, 6.07) is 0. The van der Waals surface area contributed by atoms with Crippen molar-refractivity contribution in [2.24, 2.45) is 0 Å². The summed E-state index contributed by atoms with van der Waals surface area (Å²) < 4.78 is 0. The summed E-state index contributed by atoms with van der Waals surface area (Å²) in [5.74, 6) is 2.66. The molecule has 1 aromatic heterocycles. The fourth-order valence-electron chi connectivity index (χ4n) is 1.88. The van der Waals surface area contributed by atoms with Crippen LogP contribution in [0.2, 0.25) is 0 Å². The molecule has 1 heterocycles. The highest BCUT2D eigenvalue weighted by Crippen LogP contribution is 2.26. The number of anilines is 2. The molecule has 1 rings (SSSR count). The Morgan fingerprint density at radius 1 is 1.00 bits per heavy atom. The number of aliphatic hydroxyl groups excluding tert-OH is 1. The molecular weight excluding hydrogens is 264 g/mol. The lowest BCUT2D eigenvalue weighted by atomic mass is 9.95. The van der Waals surface area contributed by atoms with Crippen LogP contribution in [-0.4, -0.2) is 34.8 Å². The Kier molecular flexibility index (Phi) is 6.89. The van der Waals surface area contributed by atoms with Crippen LogP contribution in [0.15, 0.2) is 0 Å². The second kappa shape index (κ2) is 8.17. The molecule has 0 spiro atoms. The molecule has 1 aromatic rings. The zero-order chi connectivity index (χ0) is 15.9. The molecule has 0 radical (unpaired) electrons. The smallest absolute Gasteiger partial charge is 0.138 e. The van der Waals surface area contributed by atoms with Crippen molar-refractivity contribution < 1.29 is 5.11 Å². The molecule has 0 saturated carbocycles. The number of aliphatic hydroxyl groups is 1. The number of hydrogen-bond acceptors (Lipinski definition) is 5. The molecule has 21 heavy (non-hydrogen) atoms. The van der Waals surface area contributed by atoms with Gasteiger partial charge >= 0.3 is 0 Å². The number of unbranched alkanes of at least 4 members (excludes halogenated alkanes) is 1. The van der Waals surface area contributed by atoms with E-state index in [0.717, 1.165) is 55.4 Å². The first-order valence-corrected chi connectivity index (χ1v) is 7.87. The Balaban J connectivity index is 2.97. The summed E-state index contributed by atoms with van der Waals surface area (Å²) in [7, 11) is 0. The normalized spacial score (nSPS) is 11.5. The van der Waals surface area contributed by atoms with Gasteiger partial charge in [0.15, 0.2) is 0 Å². The number of rotatable bonds is 8. The molecule has 0 aliphatic heterocycles. The zero-order valence-corrected chi connectivity index (χ0v) is 14.1. The third kappa shape index (κ3) is 5.50. The summed E-state index contributed by atoms with van der Waals surface area (Å²) in [4.78, 5) is 9.37. The van der Waals surface area contributed by atoms with Crippen LogP contribution in [0.1, 0.15) is 58.3 Å². The second-order valence-corrected chi connectivity index (χ2v) is 6.40. The molecular formula is C16H30N4O. The molecule has 0 aliphatic carbocycles. The fraction of sp³-hybridized carbons (Fsp3) is 0.750. The van der Waals surface area contributed by atoms with E-state index in [9.17, 15) is 0 Å². The van der Waals surface area contributed by atoms with Crippen molar-refractivity contribution in [2.75, 3.05) is 30.3 Å². The summed E-state index contributed by atoms with van der Waals surface area (Å²) in [6.45, 7) is 12.5. The SMILES string of the molecule is CCCNc1nc(C(C)(C)C)nc(NCCCCO)c1C. The Labute approximate surface area is 128 Å². The third-order valence-corrected chi connectivity index (χ3v) is 3.24. The average molecular weight is 294 g/mol. The van der Waals surface area contributed by atoms with Gasteiger partial charge in [-0.2, -0.15) is 0 Å². The van der Waals surface area contributed by atoms with Crippen LogP contribution in [0.4, 0.5) is 11.6 Å². The van der Waals surface area contributed by atoms with Crippen molar-refractivity contribution in [1.82, 2.24) is 9.97 Å². The van der Waals surface area contributed by atoms with Gasteiger partial charge in [0.2, 0.25) is 0 Å². The minimum atomic E-state index is -0.0854. The highest BCUT2D eigenvalue weighted by molar-refractivity contribution is 5.57. The van der Waals surface area contributed by atoms with Gasteiger partial charge in [0.25, 0.3) is 0 Å². The summed E-state index contributed by atoms with van der Waals surface area (Å²) in [6.07, 6.45) is 2.81. The van der Waals surface area contributed by atoms with Crippen molar-refractivity contribution in [2.45, 2.75) is 59.3 Å². The van der Waals surface area contributed by atoms with Crippen molar-refractivity contribution in [3.8, 4) is 0 Å². The van der Waals surface area contributed by atoms with Gasteiger partial charge in [0.1, 0.15) is 17.5 Å². The van der Waals surface area contributed by atoms with Crippen LogP contribution in [0.5, 0.6) is 0 Å². The van der Waals surface area contributed by atoms with Gasteiger partial charge < -0.3 is 15.7 Å². The van der Waals surface area contributed by atoms with Crippen molar-refractivity contribution >= 4 is 11.6 Å². The van der Waals surface area contributed by atoms with Gasteiger partial charge in [-0.05, 0) is 26.2 Å². The van der Waals surface area contributed by atoms with Gasteiger partial charge in [0, 0.05) is 30.7 Å². The van der Waals surface area contributed by atoms with Gasteiger partial charge in [-0.15, -0.1) is 0 Å². The van der Waals surface area contributed by atoms with Crippen LogP contribution in [0.25, 0.3) is 0 Å². The topological polar surface area (TPSA) is 70.1 Å². The van der Waals surface area contributed by atoms with Crippen LogP contribution in [-0.2, 0) is 5.41 Å². The van der Waals surface area contributed by atoms with E-state index in [1.807, 2.05) is 6.92 Å². The molecule has 0 aromatic carbocycles. The summed E-state index contributed by atoms with van der Waals surface area (Å²) in [5.41, 5.74) is 0.971. The molecule has 0 bridgehead atoms. The van der Waals surface area contributed by atoms with E-state index < -0.39 is 0 Å². The van der Waals surface area contributed by atoms with E-state index in [-0.39, 0.29) is 12.0 Å². The number of aromatic nitrogens is 2. The molecule has 0 aliphatic rings. The molecule has 3 N–H and O–H groups in total. The average Bonchev–Trinajstić information content (AvgIpc) is 2.42. The minimum Gasteiger partial charge on any atom is -0.396 e. The van der Waals surface area contributed by atoms with Gasteiger partial charge in [-0.3, -0.25) is 0 Å². The van der Waals surface area contributed by atoms with E-state index in [2.05, 4.69) is 48.3 Å². The summed E-state index contributed by atoms with van der Waals surface area (Å²) >= 11 is 0. The van der Waals surface area contributed by atoms with E-state index in [1.54, 1.807) is 0 Å². The Morgan fingerprint density at radius 2 is 1.57 bits per heavy atom. The number of hydrogen-bond donors (Lipinski definition) is 3. The molecule has 120 valence electrons. The fourth-order valence-corrected chi connectivity index (χ4v) is 1.88. The molecule has 5 nitrogen and oxygen atoms in total. The lowest BCUT2D eigenvalue weighted by Crippen LogP contribution is -2.20. The first-order chi connectivity index (χ1) is 9.90. The number of nitrogens with zero attached hydrogens (tertiary/aromatic N) is 2. The largest absolute Gasteiger partial charge is 0.396 e. The minimum absolute atomic E-state index is 0.0854. The predicted molar refractivity (Wildman–Crippen MR) is 89.1 cm³/mol. The quantitative estimate of drug-likeness (QED) is 0.643. The van der Waals surface area contributed by atoms with E-state index in [1.165, 1.54) is 0 Å². The second-order valence-electron chi connectivity index (χ2n) is 6.40. The highest BCUT2D eigenvalue weighted by Gasteiger charge is 2.21. The van der Waals surface area contributed by atoms with E-state index in [4.69, 9.17) is 5.11 Å². The molecule has 0 saturated heterocycles. The van der Waals surface area contributed by atoms with Crippen molar-refractivity contribution in [1.29, 1.82) is 0 Å².